The van der Waals surface area contributed by atoms with Gasteiger partial charge in [-0.1, -0.05) is 12.1 Å². The molecule has 128 valence electrons. The van der Waals surface area contributed by atoms with Crippen LogP contribution >= 0.6 is 0 Å². The largest absolute Gasteiger partial charge is 0.494 e. The van der Waals surface area contributed by atoms with E-state index in [2.05, 4.69) is 12.1 Å². The summed E-state index contributed by atoms with van der Waals surface area (Å²) in [6.07, 6.45) is 0.869. The Labute approximate surface area is 141 Å². The van der Waals surface area contributed by atoms with E-state index >= 15 is 0 Å². The lowest BCUT2D eigenvalue weighted by atomic mass is 9.88. The van der Waals surface area contributed by atoms with Crippen molar-refractivity contribution in [3.05, 3.63) is 59.7 Å². The standard InChI is InChI=1S/C19H22F2N2O/c1-2-24-17-6-3-13(4-7-17)14-9-15(22)12-23(11-14)16-5-8-18(20)19(21)10-16/h3-8,10,14-15H,2,9,11-12,22H2,1H3. The first-order chi connectivity index (χ1) is 11.6. The normalized spacial score (nSPS) is 20.9. The lowest BCUT2D eigenvalue weighted by molar-refractivity contribution is 0.340. The number of rotatable bonds is 4. The molecule has 0 saturated carbocycles. The number of hydrogen-bond donors (Lipinski definition) is 1. The van der Waals surface area contributed by atoms with Crippen LogP contribution in [0.15, 0.2) is 42.5 Å². The summed E-state index contributed by atoms with van der Waals surface area (Å²) >= 11 is 0. The molecule has 2 unspecified atom stereocenters. The van der Waals surface area contributed by atoms with Gasteiger partial charge in [-0.25, -0.2) is 8.78 Å². The molecule has 0 bridgehead atoms. The van der Waals surface area contributed by atoms with E-state index in [0.717, 1.165) is 24.8 Å². The zero-order valence-electron chi connectivity index (χ0n) is 13.7. The SMILES string of the molecule is CCOc1ccc(C2CC(N)CN(c3ccc(F)c(F)c3)C2)cc1. The molecule has 3 rings (SSSR count). The van der Waals surface area contributed by atoms with Crippen molar-refractivity contribution in [2.75, 3.05) is 24.6 Å². The van der Waals surface area contributed by atoms with Crippen molar-refractivity contribution < 1.29 is 13.5 Å². The molecule has 2 aromatic carbocycles. The van der Waals surface area contributed by atoms with Crippen LogP contribution in [0.4, 0.5) is 14.5 Å². The van der Waals surface area contributed by atoms with Crippen molar-refractivity contribution in [2.45, 2.75) is 25.3 Å². The van der Waals surface area contributed by atoms with Crippen LogP contribution in [-0.4, -0.2) is 25.7 Å². The maximum absolute atomic E-state index is 13.5. The van der Waals surface area contributed by atoms with Crippen LogP contribution in [0.25, 0.3) is 0 Å². The van der Waals surface area contributed by atoms with Crippen LogP contribution in [-0.2, 0) is 0 Å². The Hall–Kier alpha value is -2.14. The van der Waals surface area contributed by atoms with Gasteiger partial charge in [0.05, 0.1) is 6.61 Å². The second-order valence-electron chi connectivity index (χ2n) is 6.20. The Kier molecular flexibility index (Phi) is 5.00. The van der Waals surface area contributed by atoms with E-state index in [1.807, 2.05) is 24.0 Å². The quantitative estimate of drug-likeness (QED) is 0.928. The van der Waals surface area contributed by atoms with E-state index in [0.29, 0.717) is 18.8 Å². The van der Waals surface area contributed by atoms with E-state index in [1.165, 1.54) is 11.6 Å². The van der Waals surface area contributed by atoms with Crippen LogP contribution in [0.2, 0.25) is 0 Å². The second kappa shape index (κ2) is 7.18. The van der Waals surface area contributed by atoms with Crippen LogP contribution in [0.5, 0.6) is 5.75 Å². The molecule has 1 aliphatic rings. The Balaban J connectivity index is 1.78. The zero-order chi connectivity index (χ0) is 17.1. The predicted octanol–water partition coefficient (Wildman–Crippen LogP) is 3.68. The van der Waals surface area contributed by atoms with Crippen LogP contribution in [0.1, 0.15) is 24.8 Å². The summed E-state index contributed by atoms with van der Waals surface area (Å²) in [5.74, 6) is -0.566. The molecule has 0 aromatic heterocycles. The highest BCUT2D eigenvalue weighted by Crippen LogP contribution is 2.31. The van der Waals surface area contributed by atoms with Crippen molar-refractivity contribution in [3.8, 4) is 5.75 Å². The smallest absolute Gasteiger partial charge is 0.160 e. The summed E-state index contributed by atoms with van der Waals surface area (Å²) < 4.78 is 32.1. The van der Waals surface area contributed by atoms with E-state index in [-0.39, 0.29) is 12.0 Å². The molecule has 1 saturated heterocycles. The van der Waals surface area contributed by atoms with Gasteiger partial charge in [0.1, 0.15) is 5.75 Å². The molecule has 0 radical (unpaired) electrons. The number of anilines is 1. The fraction of sp³-hybridized carbons (Fsp3) is 0.368. The number of piperidine rings is 1. The third-order valence-corrected chi connectivity index (χ3v) is 4.41. The Morgan fingerprint density at radius 3 is 2.50 bits per heavy atom. The first-order valence-electron chi connectivity index (χ1n) is 8.25. The number of benzene rings is 2. The van der Waals surface area contributed by atoms with Gasteiger partial charge in [-0.2, -0.15) is 0 Å². The third kappa shape index (κ3) is 3.67. The summed E-state index contributed by atoms with van der Waals surface area (Å²) in [5.41, 5.74) is 8.05. The molecule has 5 heteroatoms. The lowest BCUT2D eigenvalue weighted by Gasteiger charge is -2.38. The molecule has 2 aromatic rings. The monoisotopic (exact) mass is 332 g/mol. The van der Waals surface area contributed by atoms with Crippen molar-refractivity contribution in [3.63, 3.8) is 0 Å². The second-order valence-corrected chi connectivity index (χ2v) is 6.20. The molecule has 0 amide bonds. The van der Waals surface area contributed by atoms with Crippen LogP contribution in [0.3, 0.4) is 0 Å². The molecule has 0 aliphatic carbocycles. The van der Waals surface area contributed by atoms with E-state index < -0.39 is 11.6 Å². The summed E-state index contributed by atoms with van der Waals surface area (Å²) in [6.45, 7) is 3.96. The van der Waals surface area contributed by atoms with Gasteiger partial charge in [-0.15, -0.1) is 0 Å². The van der Waals surface area contributed by atoms with Gasteiger partial charge in [0.15, 0.2) is 11.6 Å². The molecular weight excluding hydrogens is 310 g/mol. The van der Waals surface area contributed by atoms with Crippen molar-refractivity contribution in [1.29, 1.82) is 0 Å². The molecule has 3 nitrogen and oxygen atoms in total. The number of nitrogens with two attached hydrogens (primary N) is 1. The lowest BCUT2D eigenvalue weighted by Crippen LogP contribution is -2.46. The molecule has 1 heterocycles. The molecule has 24 heavy (non-hydrogen) atoms. The maximum atomic E-state index is 13.5. The van der Waals surface area contributed by atoms with Crippen LogP contribution < -0.4 is 15.4 Å². The first kappa shape index (κ1) is 16.7. The van der Waals surface area contributed by atoms with Gasteiger partial charge in [0.25, 0.3) is 0 Å². The minimum absolute atomic E-state index is 0.0107. The Morgan fingerprint density at radius 1 is 1.08 bits per heavy atom. The van der Waals surface area contributed by atoms with E-state index in [4.69, 9.17) is 10.5 Å². The van der Waals surface area contributed by atoms with Gasteiger partial charge >= 0.3 is 0 Å². The molecule has 2 N–H and O–H groups in total. The average molecular weight is 332 g/mol. The first-order valence-corrected chi connectivity index (χ1v) is 8.25. The third-order valence-electron chi connectivity index (χ3n) is 4.41. The molecule has 1 aliphatic heterocycles. The highest BCUT2D eigenvalue weighted by atomic mass is 19.2. The van der Waals surface area contributed by atoms with Crippen molar-refractivity contribution >= 4 is 5.69 Å². The Morgan fingerprint density at radius 2 is 1.83 bits per heavy atom. The number of hydrogen-bond acceptors (Lipinski definition) is 3. The predicted molar refractivity (Wildman–Crippen MR) is 91.5 cm³/mol. The van der Waals surface area contributed by atoms with Crippen LogP contribution in [0, 0.1) is 11.6 Å². The number of nitrogens with zero attached hydrogens (tertiary/aromatic N) is 1. The van der Waals surface area contributed by atoms with Gasteiger partial charge in [0, 0.05) is 36.8 Å². The van der Waals surface area contributed by atoms with Gasteiger partial charge in [-0.05, 0) is 43.2 Å². The van der Waals surface area contributed by atoms with Gasteiger partial charge < -0.3 is 15.4 Å². The summed E-state index contributed by atoms with van der Waals surface area (Å²) in [5, 5.41) is 0. The molecule has 2 atom stereocenters. The highest BCUT2D eigenvalue weighted by molar-refractivity contribution is 5.48. The van der Waals surface area contributed by atoms with Crippen molar-refractivity contribution in [1.82, 2.24) is 0 Å². The van der Waals surface area contributed by atoms with E-state index in [1.54, 1.807) is 6.07 Å². The minimum Gasteiger partial charge on any atom is -0.494 e. The molecule has 1 fully saturated rings. The van der Waals surface area contributed by atoms with E-state index in [9.17, 15) is 8.78 Å². The summed E-state index contributed by atoms with van der Waals surface area (Å²) in [4.78, 5) is 2.03. The summed E-state index contributed by atoms with van der Waals surface area (Å²) in [6, 6.07) is 12.0. The molecule has 0 spiro atoms. The highest BCUT2D eigenvalue weighted by Gasteiger charge is 2.27. The van der Waals surface area contributed by atoms with Crippen molar-refractivity contribution in [2.24, 2.45) is 5.73 Å². The summed E-state index contributed by atoms with van der Waals surface area (Å²) in [7, 11) is 0. The maximum Gasteiger partial charge on any atom is 0.160 e. The Bertz CT molecular complexity index is 690. The fourth-order valence-corrected chi connectivity index (χ4v) is 3.28. The average Bonchev–Trinajstić information content (AvgIpc) is 2.58. The zero-order valence-corrected chi connectivity index (χ0v) is 13.7. The minimum atomic E-state index is -0.830. The number of ether oxygens (including phenoxy) is 1. The fourth-order valence-electron chi connectivity index (χ4n) is 3.28. The van der Waals surface area contributed by atoms with Gasteiger partial charge in [0.2, 0.25) is 0 Å². The molecular formula is C19H22F2N2O. The number of halogens is 2. The van der Waals surface area contributed by atoms with Gasteiger partial charge in [-0.3, -0.25) is 0 Å². The topological polar surface area (TPSA) is 38.5 Å².